The Hall–Kier alpha value is -3.84. The number of quaternary nitrogens is 1. The number of hydroxylamine groups is 3. The van der Waals surface area contributed by atoms with Gasteiger partial charge in [0.25, 0.3) is 0 Å². The lowest BCUT2D eigenvalue weighted by Crippen LogP contribution is -2.56. The maximum Gasteiger partial charge on any atom is 0.412 e. The van der Waals surface area contributed by atoms with Crippen molar-refractivity contribution in [2.45, 2.75) is 12.3 Å². The van der Waals surface area contributed by atoms with Crippen LogP contribution in [0.25, 0.3) is 0 Å². The molecule has 1 saturated heterocycles. The number of carbonyl (C=O) groups is 2. The Labute approximate surface area is 198 Å². The molecule has 1 fully saturated rings. The van der Waals surface area contributed by atoms with Crippen molar-refractivity contribution in [3.05, 3.63) is 90.5 Å². The molecule has 7 nitrogen and oxygen atoms in total. The van der Waals surface area contributed by atoms with Gasteiger partial charge in [-0.25, -0.2) is 4.79 Å². The van der Waals surface area contributed by atoms with Gasteiger partial charge in [-0.1, -0.05) is 54.6 Å². The van der Waals surface area contributed by atoms with E-state index in [1.54, 1.807) is 7.05 Å². The third kappa shape index (κ3) is 5.94. The molecule has 3 aromatic carbocycles. The number of carboxylic acids is 1. The van der Waals surface area contributed by atoms with Crippen LogP contribution in [0.4, 0.5) is 0 Å². The van der Waals surface area contributed by atoms with Crippen molar-refractivity contribution < 1.29 is 33.7 Å². The van der Waals surface area contributed by atoms with Crippen molar-refractivity contribution in [1.29, 1.82) is 0 Å². The van der Waals surface area contributed by atoms with Crippen LogP contribution in [0.3, 0.4) is 0 Å². The van der Waals surface area contributed by atoms with Crippen LogP contribution in [0.5, 0.6) is 17.2 Å². The highest BCUT2D eigenvalue weighted by molar-refractivity contribution is 6.27. The van der Waals surface area contributed by atoms with Crippen molar-refractivity contribution in [3.8, 4) is 17.2 Å². The SMILES string of the molecule is C[N+]1(OC(=O)C(=O)[O-])CC[C@H](c2ccccc2)[C@@H](COc2cccc(Oc3ccccc3)c2)C1. The average Bonchev–Trinajstić information content (AvgIpc) is 2.84. The molecule has 1 unspecified atom stereocenters. The Kier molecular flexibility index (Phi) is 7.13. The molecular formula is C27H27NO6. The summed E-state index contributed by atoms with van der Waals surface area (Å²) in [4.78, 5) is 27.9. The molecule has 176 valence electrons. The molecule has 1 aliphatic rings. The van der Waals surface area contributed by atoms with Crippen molar-refractivity contribution in [1.82, 2.24) is 0 Å². The van der Waals surface area contributed by atoms with E-state index in [0.29, 0.717) is 37.6 Å². The maximum atomic E-state index is 11.7. The molecule has 0 bridgehead atoms. The first-order chi connectivity index (χ1) is 16.4. The van der Waals surface area contributed by atoms with Crippen LogP contribution in [0.1, 0.15) is 17.9 Å². The van der Waals surface area contributed by atoms with Crippen molar-refractivity contribution in [2.24, 2.45) is 5.92 Å². The summed E-state index contributed by atoms with van der Waals surface area (Å²) in [7, 11) is 1.71. The molecule has 1 aliphatic heterocycles. The first-order valence-electron chi connectivity index (χ1n) is 11.2. The molecule has 4 rings (SSSR count). The van der Waals surface area contributed by atoms with Gasteiger partial charge < -0.3 is 19.4 Å². The standard InChI is InChI=1S/C27H27NO6/c1-28(34-27(31)26(29)30)16-15-25(20-9-4-2-5-10-20)21(18-28)19-32-23-13-8-14-24(17-23)33-22-11-6-3-7-12-22/h2-14,17,21,25H,15-16,18-19H2,1H3/t21-,25-,28?/m1/s1. The Morgan fingerprint density at radius 3 is 2.26 bits per heavy atom. The highest BCUT2D eigenvalue weighted by Gasteiger charge is 2.42. The maximum absolute atomic E-state index is 11.7. The van der Waals surface area contributed by atoms with Crippen LogP contribution in [0.15, 0.2) is 84.9 Å². The lowest BCUT2D eigenvalue weighted by atomic mass is 9.81. The molecular weight excluding hydrogens is 434 g/mol. The molecule has 0 saturated carbocycles. The fourth-order valence-corrected chi connectivity index (χ4v) is 4.45. The molecule has 1 heterocycles. The first kappa shape index (κ1) is 23.3. The summed E-state index contributed by atoms with van der Waals surface area (Å²) in [6.07, 6.45) is 0.714. The van der Waals surface area contributed by atoms with Crippen LogP contribution >= 0.6 is 0 Å². The Morgan fingerprint density at radius 1 is 0.912 bits per heavy atom. The summed E-state index contributed by atoms with van der Waals surface area (Å²) in [5, 5.41) is 10.9. The predicted octanol–water partition coefficient (Wildman–Crippen LogP) is 3.32. The van der Waals surface area contributed by atoms with Gasteiger partial charge in [0.2, 0.25) is 0 Å². The third-order valence-corrected chi connectivity index (χ3v) is 6.05. The Balaban J connectivity index is 1.48. The summed E-state index contributed by atoms with van der Waals surface area (Å²) < 4.78 is 11.9. The largest absolute Gasteiger partial charge is 0.539 e. The second kappa shape index (κ2) is 10.4. The Morgan fingerprint density at radius 2 is 1.56 bits per heavy atom. The molecule has 0 aromatic heterocycles. The number of hydrogen-bond donors (Lipinski definition) is 0. The predicted molar refractivity (Wildman–Crippen MR) is 123 cm³/mol. The van der Waals surface area contributed by atoms with Gasteiger partial charge >= 0.3 is 5.97 Å². The molecule has 0 spiro atoms. The normalized spacial score (nSPS) is 21.9. The van der Waals surface area contributed by atoms with E-state index in [2.05, 4.69) is 12.1 Å². The van der Waals surface area contributed by atoms with Gasteiger partial charge in [0.15, 0.2) is 5.97 Å². The summed E-state index contributed by atoms with van der Waals surface area (Å²) in [6, 6.07) is 27.0. The summed E-state index contributed by atoms with van der Waals surface area (Å²) >= 11 is 0. The number of carbonyl (C=O) groups excluding carboxylic acids is 2. The number of benzene rings is 3. The zero-order valence-electron chi connectivity index (χ0n) is 19.0. The average molecular weight is 462 g/mol. The molecule has 3 aromatic rings. The highest BCUT2D eigenvalue weighted by Crippen LogP contribution is 2.36. The van der Waals surface area contributed by atoms with Crippen LogP contribution in [0.2, 0.25) is 0 Å². The number of hydrogen-bond acceptors (Lipinski definition) is 6. The monoisotopic (exact) mass is 461 g/mol. The van der Waals surface area contributed by atoms with Gasteiger partial charge in [0, 0.05) is 18.4 Å². The van der Waals surface area contributed by atoms with Crippen molar-refractivity contribution >= 4 is 11.9 Å². The van der Waals surface area contributed by atoms with E-state index in [1.807, 2.05) is 72.8 Å². The summed E-state index contributed by atoms with van der Waals surface area (Å²) in [5.74, 6) is -0.980. The second-order valence-electron chi connectivity index (χ2n) is 8.64. The van der Waals surface area contributed by atoms with Crippen LogP contribution in [-0.2, 0) is 14.4 Å². The number of para-hydroxylation sites is 1. The van der Waals surface area contributed by atoms with Crippen LogP contribution < -0.4 is 14.6 Å². The highest BCUT2D eigenvalue weighted by atomic mass is 16.8. The summed E-state index contributed by atoms with van der Waals surface area (Å²) in [6.45, 7) is 1.28. The molecule has 0 amide bonds. The van der Waals surface area contributed by atoms with Gasteiger partial charge in [-0.2, -0.15) is 0 Å². The number of nitrogens with zero attached hydrogens (tertiary/aromatic N) is 1. The first-order valence-corrected chi connectivity index (χ1v) is 11.2. The quantitative estimate of drug-likeness (QED) is 0.396. The topological polar surface area (TPSA) is 84.9 Å². The van der Waals surface area contributed by atoms with Gasteiger partial charge in [0.1, 0.15) is 37.4 Å². The molecule has 0 aliphatic carbocycles. The van der Waals surface area contributed by atoms with E-state index in [0.717, 1.165) is 5.75 Å². The van der Waals surface area contributed by atoms with Crippen LogP contribution in [-0.4, -0.2) is 43.3 Å². The number of rotatable bonds is 7. The number of likely N-dealkylation sites (tertiary alicyclic amines) is 1. The van der Waals surface area contributed by atoms with Crippen molar-refractivity contribution in [3.63, 3.8) is 0 Å². The van der Waals surface area contributed by atoms with Gasteiger partial charge in [-0.3, -0.25) is 4.84 Å². The minimum atomic E-state index is -1.84. The van der Waals surface area contributed by atoms with Gasteiger partial charge in [0.05, 0.1) is 12.5 Å². The lowest BCUT2D eigenvalue weighted by molar-refractivity contribution is -1.08. The molecule has 34 heavy (non-hydrogen) atoms. The minimum absolute atomic E-state index is 0.0191. The fourth-order valence-electron chi connectivity index (χ4n) is 4.45. The van der Waals surface area contributed by atoms with E-state index < -0.39 is 11.9 Å². The smallest absolute Gasteiger partial charge is 0.412 e. The van der Waals surface area contributed by atoms with E-state index in [-0.39, 0.29) is 16.5 Å². The Bertz CT molecular complexity index is 1120. The lowest BCUT2D eigenvalue weighted by Gasteiger charge is -2.41. The number of piperidine rings is 1. The van der Waals surface area contributed by atoms with E-state index in [1.165, 1.54) is 5.56 Å². The van der Waals surface area contributed by atoms with Gasteiger partial charge in [-0.05, 0) is 29.8 Å². The second-order valence-corrected chi connectivity index (χ2v) is 8.64. The molecule has 3 atom stereocenters. The number of ether oxygens (including phenoxy) is 2. The van der Waals surface area contributed by atoms with E-state index in [4.69, 9.17) is 14.3 Å². The van der Waals surface area contributed by atoms with Crippen molar-refractivity contribution in [2.75, 3.05) is 26.7 Å². The van der Waals surface area contributed by atoms with Gasteiger partial charge in [-0.15, -0.1) is 4.65 Å². The zero-order valence-corrected chi connectivity index (χ0v) is 19.0. The summed E-state index contributed by atoms with van der Waals surface area (Å²) in [5.41, 5.74) is 1.18. The molecule has 7 heteroatoms. The minimum Gasteiger partial charge on any atom is -0.539 e. The fraction of sp³-hybridized carbons (Fsp3) is 0.259. The molecule has 0 radical (unpaired) electrons. The number of carboxylic acid groups (broad SMARTS) is 1. The number of aliphatic carboxylic acids is 1. The zero-order chi connectivity index (χ0) is 24.0. The molecule has 0 N–H and O–H groups in total. The van der Waals surface area contributed by atoms with E-state index >= 15 is 0 Å². The van der Waals surface area contributed by atoms with Crippen LogP contribution in [0, 0.1) is 5.92 Å². The third-order valence-electron chi connectivity index (χ3n) is 6.05. The van der Waals surface area contributed by atoms with E-state index in [9.17, 15) is 14.7 Å².